The number of aromatic nitrogens is 1. The van der Waals surface area contributed by atoms with E-state index in [1.165, 1.54) is 12.3 Å². The summed E-state index contributed by atoms with van der Waals surface area (Å²) in [7, 11) is 0. The van der Waals surface area contributed by atoms with E-state index in [1.54, 1.807) is 6.07 Å². The minimum Gasteiger partial charge on any atom is -0.304 e. The fourth-order valence-corrected chi connectivity index (χ4v) is 1.17. The van der Waals surface area contributed by atoms with Crippen molar-refractivity contribution < 1.29 is 4.39 Å². The lowest BCUT2D eigenvalue weighted by Crippen LogP contribution is -2.20. The summed E-state index contributed by atoms with van der Waals surface area (Å²) in [5.74, 6) is -0.314. The monoisotopic (exact) mass is 258 g/mol. The van der Waals surface area contributed by atoms with Gasteiger partial charge in [-0.2, -0.15) is 0 Å². The minimum absolute atomic E-state index is 0.0879. The molecule has 0 spiro atoms. The summed E-state index contributed by atoms with van der Waals surface area (Å²) in [6, 6.07) is 3.16. The number of hydrogen-bond acceptors (Lipinski definition) is 2. The highest BCUT2D eigenvalue weighted by molar-refractivity contribution is 9.11. The smallest absolute Gasteiger partial charge is 0.141 e. The van der Waals surface area contributed by atoms with Crippen molar-refractivity contribution in [2.75, 3.05) is 6.54 Å². The van der Waals surface area contributed by atoms with Crippen LogP contribution in [0.15, 0.2) is 29.4 Å². The zero-order chi connectivity index (χ0) is 10.6. The van der Waals surface area contributed by atoms with E-state index >= 15 is 0 Å². The molecule has 2 nitrogen and oxygen atoms in total. The van der Waals surface area contributed by atoms with Gasteiger partial charge in [0.2, 0.25) is 0 Å². The van der Waals surface area contributed by atoms with Crippen LogP contribution in [0.25, 0.3) is 0 Å². The van der Waals surface area contributed by atoms with Crippen molar-refractivity contribution in [3.63, 3.8) is 0 Å². The van der Waals surface area contributed by atoms with Crippen LogP contribution in [0.2, 0.25) is 0 Å². The van der Waals surface area contributed by atoms with E-state index in [4.69, 9.17) is 0 Å². The van der Waals surface area contributed by atoms with Crippen LogP contribution >= 0.6 is 15.9 Å². The molecule has 4 heteroatoms. The molecule has 0 bridgehead atoms. The molecule has 0 aliphatic heterocycles. The Hall–Kier alpha value is -0.740. The van der Waals surface area contributed by atoms with Gasteiger partial charge in [-0.1, -0.05) is 22.5 Å². The van der Waals surface area contributed by atoms with E-state index in [0.717, 1.165) is 10.2 Å². The third-order valence-electron chi connectivity index (χ3n) is 1.79. The van der Waals surface area contributed by atoms with Crippen LogP contribution in [0, 0.1) is 5.82 Å². The van der Waals surface area contributed by atoms with Crippen molar-refractivity contribution in [1.29, 1.82) is 0 Å². The molecule has 1 N–H and O–H groups in total. The summed E-state index contributed by atoms with van der Waals surface area (Å²) in [5.41, 5.74) is 0.820. The lowest BCUT2D eigenvalue weighted by Gasteiger charge is -2.12. The number of halogens is 2. The summed E-state index contributed by atoms with van der Waals surface area (Å²) < 4.78 is 13.4. The zero-order valence-electron chi connectivity index (χ0n) is 7.93. The molecule has 1 aromatic heterocycles. The SMILES string of the molecule is C=C(Br)CNC(C)c1ccc(F)cn1. The summed E-state index contributed by atoms with van der Waals surface area (Å²) in [4.78, 5) is 3.97. The van der Waals surface area contributed by atoms with Gasteiger partial charge >= 0.3 is 0 Å². The average molecular weight is 259 g/mol. The first-order valence-electron chi connectivity index (χ1n) is 4.27. The maximum absolute atomic E-state index is 12.6. The maximum Gasteiger partial charge on any atom is 0.141 e. The van der Waals surface area contributed by atoms with Crippen LogP contribution < -0.4 is 5.32 Å². The normalized spacial score (nSPS) is 12.5. The van der Waals surface area contributed by atoms with E-state index in [2.05, 4.69) is 32.8 Å². The fraction of sp³-hybridized carbons (Fsp3) is 0.300. The van der Waals surface area contributed by atoms with E-state index in [0.29, 0.717) is 6.54 Å². The molecule has 0 saturated carbocycles. The van der Waals surface area contributed by atoms with Gasteiger partial charge < -0.3 is 5.32 Å². The molecule has 0 fully saturated rings. The van der Waals surface area contributed by atoms with Gasteiger partial charge in [0.1, 0.15) is 5.82 Å². The Labute approximate surface area is 91.4 Å². The Kier molecular flexibility index (Phi) is 4.22. The largest absolute Gasteiger partial charge is 0.304 e. The van der Waals surface area contributed by atoms with Crippen molar-refractivity contribution in [3.8, 4) is 0 Å². The van der Waals surface area contributed by atoms with Crippen LogP contribution in [-0.2, 0) is 0 Å². The Bertz CT molecular complexity index is 310. The molecule has 1 aromatic rings. The summed E-state index contributed by atoms with van der Waals surface area (Å²) in [5, 5.41) is 3.19. The van der Waals surface area contributed by atoms with Crippen molar-refractivity contribution >= 4 is 15.9 Å². The van der Waals surface area contributed by atoms with Gasteiger partial charge in [-0.15, -0.1) is 0 Å². The van der Waals surface area contributed by atoms with E-state index in [-0.39, 0.29) is 11.9 Å². The van der Waals surface area contributed by atoms with Crippen molar-refractivity contribution in [1.82, 2.24) is 10.3 Å². The Balaban J connectivity index is 2.56. The summed E-state index contributed by atoms with van der Waals surface area (Å²) in [6.45, 7) is 6.34. The highest BCUT2D eigenvalue weighted by Crippen LogP contribution is 2.10. The number of nitrogens with zero attached hydrogens (tertiary/aromatic N) is 1. The highest BCUT2D eigenvalue weighted by Gasteiger charge is 2.05. The van der Waals surface area contributed by atoms with E-state index < -0.39 is 0 Å². The van der Waals surface area contributed by atoms with E-state index in [1.807, 2.05) is 6.92 Å². The zero-order valence-corrected chi connectivity index (χ0v) is 9.51. The topological polar surface area (TPSA) is 24.9 Å². The molecule has 0 radical (unpaired) electrons. The fourth-order valence-electron chi connectivity index (χ4n) is 1.01. The van der Waals surface area contributed by atoms with E-state index in [9.17, 15) is 4.39 Å². The second-order valence-corrected chi connectivity index (χ2v) is 4.14. The third-order valence-corrected chi connectivity index (χ3v) is 2.07. The lowest BCUT2D eigenvalue weighted by molar-refractivity contribution is 0.584. The van der Waals surface area contributed by atoms with Gasteiger partial charge in [-0.05, 0) is 19.1 Å². The van der Waals surface area contributed by atoms with Gasteiger partial charge in [0, 0.05) is 17.1 Å². The van der Waals surface area contributed by atoms with Gasteiger partial charge in [0.15, 0.2) is 0 Å². The first-order valence-corrected chi connectivity index (χ1v) is 5.07. The van der Waals surface area contributed by atoms with Crippen molar-refractivity contribution in [2.45, 2.75) is 13.0 Å². The second-order valence-electron chi connectivity index (χ2n) is 3.02. The standard InChI is InChI=1S/C10H12BrFN2/c1-7(11)5-13-8(2)10-4-3-9(12)6-14-10/h3-4,6,8,13H,1,5H2,2H3. The first kappa shape index (κ1) is 11.3. The van der Waals surface area contributed by atoms with Crippen LogP contribution in [-0.4, -0.2) is 11.5 Å². The Morgan fingerprint density at radius 3 is 2.93 bits per heavy atom. The molecule has 0 saturated heterocycles. The maximum atomic E-state index is 12.6. The van der Waals surface area contributed by atoms with Crippen LogP contribution in [0.5, 0.6) is 0 Å². The molecule has 14 heavy (non-hydrogen) atoms. The second kappa shape index (κ2) is 5.22. The van der Waals surface area contributed by atoms with Gasteiger partial charge in [0.25, 0.3) is 0 Å². The third kappa shape index (κ3) is 3.55. The molecule has 76 valence electrons. The van der Waals surface area contributed by atoms with Crippen LogP contribution in [0.1, 0.15) is 18.7 Å². The number of nitrogens with one attached hydrogen (secondary N) is 1. The number of rotatable bonds is 4. The molecular weight excluding hydrogens is 247 g/mol. The number of hydrogen-bond donors (Lipinski definition) is 1. The van der Waals surface area contributed by atoms with Gasteiger partial charge in [-0.3, -0.25) is 4.98 Å². The molecule has 1 heterocycles. The van der Waals surface area contributed by atoms with Crippen LogP contribution in [0.4, 0.5) is 4.39 Å². The highest BCUT2D eigenvalue weighted by atomic mass is 79.9. The quantitative estimate of drug-likeness (QED) is 0.899. The predicted molar refractivity (Wildman–Crippen MR) is 58.7 cm³/mol. The van der Waals surface area contributed by atoms with Crippen LogP contribution in [0.3, 0.4) is 0 Å². The molecule has 0 aliphatic carbocycles. The molecule has 1 atom stereocenters. The average Bonchev–Trinajstić information content (AvgIpc) is 2.15. The molecular formula is C10H12BrFN2. The molecule has 1 unspecified atom stereocenters. The minimum atomic E-state index is -0.314. The Morgan fingerprint density at radius 1 is 1.71 bits per heavy atom. The molecule has 0 aliphatic rings. The molecule has 1 rings (SSSR count). The summed E-state index contributed by atoms with van der Waals surface area (Å²) in [6.07, 6.45) is 1.22. The number of pyridine rings is 1. The van der Waals surface area contributed by atoms with Gasteiger partial charge in [0.05, 0.1) is 11.9 Å². The van der Waals surface area contributed by atoms with Crippen molar-refractivity contribution in [2.24, 2.45) is 0 Å². The Morgan fingerprint density at radius 2 is 2.43 bits per heavy atom. The summed E-state index contributed by atoms with van der Waals surface area (Å²) >= 11 is 3.25. The lowest BCUT2D eigenvalue weighted by atomic mass is 10.2. The van der Waals surface area contributed by atoms with Gasteiger partial charge in [-0.25, -0.2) is 4.39 Å². The first-order chi connectivity index (χ1) is 6.59. The molecule has 0 aromatic carbocycles. The molecule has 0 amide bonds. The van der Waals surface area contributed by atoms with Crippen molar-refractivity contribution in [3.05, 3.63) is 40.9 Å². The predicted octanol–water partition coefficient (Wildman–Crippen LogP) is 2.78.